The first-order valence-corrected chi connectivity index (χ1v) is 11.9. The molecule has 32 heavy (non-hydrogen) atoms. The van der Waals surface area contributed by atoms with Crippen molar-refractivity contribution in [3.05, 3.63) is 62.4 Å². The summed E-state index contributed by atoms with van der Waals surface area (Å²) in [6.07, 6.45) is 3.70. The van der Waals surface area contributed by atoms with Crippen molar-refractivity contribution in [2.75, 3.05) is 13.2 Å². The summed E-state index contributed by atoms with van der Waals surface area (Å²) >= 11 is 7.31. The van der Waals surface area contributed by atoms with Crippen molar-refractivity contribution in [2.24, 2.45) is 0 Å². The molecule has 1 aromatic carbocycles. The number of aryl methyl sites for hydroxylation is 1. The molecule has 1 aliphatic rings. The average molecular weight is 477 g/mol. The van der Waals surface area contributed by atoms with Crippen LogP contribution in [0, 0.1) is 12.7 Å². The average Bonchev–Trinajstić information content (AvgIpc) is 3.42. The maximum absolute atomic E-state index is 13.8. The van der Waals surface area contributed by atoms with E-state index in [-0.39, 0.29) is 29.6 Å². The van der Waals surface area contributed by atoms with Gasteiger partial charge in [0.15, 0.2) is 0 Å². The highest BCUT2D eigenvalue weighted by Gasteiger charge is 2.30. The number of hydrogen-bond donors (Lipinski definition) is 4. The second-order valence-electron chi connectivity index (χ2n) is 7.96. The number of aromatic amines is 1. The molecule has 6 nitrogen and oxygen atoms in total. The number of carbonyl (C=O) groups excluding carboxylic acids is 1. The smallest absolute Gasteiger partial charge is 0.268 e. The maximum atomic E-state index is 13.8. The fourth-order valence-electron chi connectivity index (χ4n) is 3.99. The Labute approximate surface area is 195 Å². The summed E-state index contributed by atoms with van der Waals surface area (Å²) in [5.74, 6) is -0.759. The minimum Gasteiger partial charge on any atom is -0.396 e. The number of halogens is 2. The summed E-state index contributed by atoms with van der Waals surface area (Å²) in [5, 5.41) is 16.9. The van der Waals surface area contributed by atoms with E-state index < -0.39 is 5.82 Å². The van der Waals surface area contributed by atoms with Crippen LogP contribution in [0.5, 0.6) is 0 Å². The number of aromatic nitrogens is 2. The van der Waals surface area contributed by atoms with Gasteiger partial charge in [-0.05, 0) is 50.6 Å². The van der Waals surface area contributed by atoms with Crippen molar-refractivity contribution < 1.29 is 14.3 Å². The van der Waals surface area contributed by atoms with Crippen LogP contribution in [0.15, 0.2) is 30.3 Å². The van der Waals surface area contributed by atoms with E-state index in [4.69, 9.17) is 16.6 Å². The molecule has 3 heterocycles. The first kappa shape index (κ1) is 22.9. The molecule has 2 atom stereocenters. The lowest BCUT2D eigenvalue weighted by atomic mass is 9.98. The van der Waals surface area contributed by atoms with Gasteiger partial charge in [0.25, 0.3) is 5.91 Å². The number of hydrogen-bond acceptors (Lipinski definition) is 5. The Morgan fingerprint density at radius 2 is 2.22 bits per heavy atom. The number of aliphatic hydroxyl groups is 1. The number of nitrogens with one attached hydrogen (secondary N) is 3. The van der Waals surface area contributed by atoms with Gasteiger partial charge in [0.1, 0.15) is 16.5 Å². The van der Waals surface area contributed by atoms with Gasteiger partial charge in [0.05, 0.1) is 16.8 Å². The van der Waals surface area contributed by atoms with Crippen molar-refractivity contribution in [3.63, 3.8) is 0 Å². The zero-order valence-electron chi connectivity index (χ0n) is 17.8. The second kappa shape index (κ2) is 10.1. The predicted octanol–water partition coefficient (Wildman–Crippen LogP) is 4.39. The number of carbonyl (C=O) groups is 1. The Morgan fingerprint density at radius 3 is 2.94 bits per heavy atom. The van der Waals surface area contributed by atoms with Gasteiger partial charge >= 0.3 is 0 Å². The van der Waals surface area contributed by atoms with Crippen molar-refractivity contribution in [3.8, 4) is 11.3 Å². The molecule has 1 saturated heterocycles. The van der Waals surface area contributed by atoms with Gasteiger partial charge in [-0.15, -0.1) is 11.3 Å². The van der Waals surface area contributed by atoms with E-state index in [0.29, 0.717) is 23.4 Å². The quantitative estimate of drug-likeness (QED) is 0.407. The molecule has 1 amide bonds. The van der Waals surface area contributed by atoms with Crippen LogP contribution in [0.4, 0.5) is 4.39 Å². The monoisotopic (exact) mass is 476 g/mol. The number of nitrogens with zero attached hydrogens (tertiary/aromatic N) is 1. The molecule has 2 aromatic heterocycles. The van der Waals surface area contributed by atoms with Crippen LogP contribution < -0.4 is 10.6 Å². The lowest BCUT2D eigenvalue weighted by molar-refractivity contribution is 0.0918. The molecule has 0 radical (unpaired) electrons. The fourth-order valence-corrected chi connectivity index (χ4v) is 5.28. The van der Waals surface area contributed by atoms with Crippen molar-refractivity contribution in [2.45, 2.75) is 44.7 Å². The number of rotatable bonds is 7. The summed E-state index contributed by atoms with van der Waals surface area (Å²) < 4.78 is 13.8. The van der Waals surface area contributed by atoms with Gasteiger partial charge < -0.3 is 20.7 Å². The topological polar surface area (TPSA) is 90.0 Å². The Morgan fingerprint density at radius 1 is 1.38 bits per heavy atom. The molecule has 4 N–H and O–H groups in total. The van der Waals surface area contributed by atoms with E-state index in [0.717, 1.165) is 41.4 Å². The van der Waals surface area contributed by atoms with E-state index in [9.17, 15) is 14.3 Å². The van der Waals surface area contributed by atoms with E-state index in [1.165, 1.54) is 23.5 Å². The fraction of sp³-hybridized carbons (Fsp3) is 0.391. The van der Waals surface area contributed by atoms with Crippen LogP contribution in [0.25, 0.3) is 11.3 Å². The summed E-state index contributed by atoms with van der Waals surface area (Å²) in [4.78, 5) is 21.9. The molecule has 0 saturated carbocycles. The normalized spacial score (nSPS) is 17.3. The van der Waals surface area contributed by atoms with Gasteiger partial charge in [0.2, 0.25) is 0 Å². The Kier molecular flexibility index (Phi) is 7.25. The first-order chi connectivity index (χ1) is 15.5. The minimum absolute atomic E-state index is 0.0559. The highest BCUT2D eigenvalue weighted by atomic mass is 35.5. The van der Waals surface area contributed by atoms with Crippen LogP contribution >= 0.6 is 22.9 Å². The number of piperidine rings is 1. The molecular weight excluding hydrogens is 451 g/mol. The highest BCUT2D eigenvalue weighted by Crippen LogP contribution is 2.30. The standard InChI is InChI=1S/C23H26ClFN4O2S/c1-13-20(9-11-30)32-23(27-13)21(18-4-2-3-10-26-18)29-22(31)19-8-7-17(28-19)14-5-6-15(24)16(25)12-14/h5-8,12,18,21,26,28,30H,2-4,9-11H2,1H3,(H,29,31)/t18-,21-/m0/s1. The van der Waals surface area contributed by atoms with Gasteiger partial charge in [-0.25, -0.2) is 9.37 Å². The first-order valence-electron chi connectivity index (χ1n) is 10.7. The molecule has 3 aromatic rings. The number of H-pyrrole nitrogens is 1. The molecule has 1 aliphatic heterocycles. The van der Waals surface area contributed by atoms with Crippen LogP contribution in [0.1, 0.15) is 51.4 Å². The van der Waals surface area contributed by atoms with Gasteiger partial charge in [-0.2, -0.15) is 0 Å². The Bertz CT molecular complexity index is 1090. The number of thiazole rings is 1. The van der Waals surface area contributed by atoms with E-state index in [2.05, 4.69) is 15.6 Å². The zero-order chi connectivity index (χ0) is 22.7. The molecule has 170 valence electrons. The SMILES string of the molecule is Cc1nc([C@@H](NC(=O)c2ccc(-c3ccc(Cl)c(F)c3)[nH]2)[C@@H]2CCCCN2)sc1CCO. The zero-order valence-corrected chi connectivity index (χ0v) is 19.3. The molecular formula is C23H26ClFN4O2S. The van der Waals surface area contributed by atoms with E-state index in [1.807, 2.05) is 6.92 Å². The largest absolute Gasteiger partial charge is 0.396 e. The maximum Gasteiger partial charge on any atom is 0.268 e. The molecule has 0 aliphatic carbocycles. The molecule has 0 bridgehead atoms. The second-order valence-corrected chi connectivity index (χ2v) is 9.48. The van der Waals surface area contributed by atoms with Gasteiger partial charge in [0, 0.05) is 35.2 Å². The summed E-state index contributed by atoms with van der Waals surface area (Å²) in [5.41, 5.74) is 2.52. The lowest BCUT2D eigenvalue weighted by Crippen LogP contribution is -2.46. The third-order valence-electron chi connectivity index (χ3n) is 5.71. The van der Waals surface area contributed by atoms with Crippen LogP contribution in [-0.4, -0.2) is 40.2 Å². The van der Waals surface area contributed by atoms with Gasteiger partial charge in [-0.1, -0.05) is 24.1 Å². The predicted molar refractivity (Wildman–Crippen MR) is 125 cm³/mol. The van der Waals surface area contributed by atoms with Crippen molar-refractivity contribution in [1.82, 2.24) is 20.6 Å². The Balaban J connectivity index is 1.56. The number of amides is 1. The molecule has 0 unspecified atom stereocenters. The summed E-state index contributed by atoms with van der Waals surface area (Å²) in [6, 6.07) is 7.77. The summed E-state index contributed by atoms with van der Waals surface area (Å²) in [6.45, 7) is 2.90. The molecule has 4 rings (SSSR count). The molecule has 0 spiro atoms. The number of benzene rings is 1. The number of aliphatic hydroxyl groups excluding tert-OH is 1. The van der Waals surface area contributed by atoms with Crippen LogP contribution in [0.3, 0.4) is 0 Å². The van der Waals surface area contributed by atoms with Gasteiger partial charge in [-0.3, -0.25) is 4.79 Å². The summed E-state index contributed by atoms with van der Waals surface area (Å²) in [7, 11) is 0. The molecule has 1 fully saturated rings. The molecule has 9 heteroatoms. The van der Waals surface area contributed by atoms with Crippen LogP contribution in [-0.2, 0) is 6.42 Å². The third kappa shape index (κ3) is 5.04. The van der Waals surface area contributed by atoms with Crippen molar-refractivity contribution >= 4 is 28.8 Å². The van der Waals surface area contributed by atoms with Crippen molar-refractivity contribution in [1.29, 1.82) is 0 Å². The lowest BCUT2D eigenvalue weighted by Gasteiger charge is -2.30. The minimum atomic E-state index is -0.508. The van der Waals surface area contributed by atoms with E-state index in [1.54, 1.807) is 18.2 Å². The van der Waals surface area contributed by atoms with Crippen LogP contribution in [0.2, 0.25) is 5.02 Å². The highest BCUT2D eigenvalue weighted by molar-refractivity contribution is 7.11. The van der Waals surface area contributed by atoms with E-state index >= 15 is 0 Å². The third-order valence-corrected chi connectivity index (χ3v) is 7.32. The Hall–Kier alpha value is -2.26.